The molecule has 2 rings (SSSR count). The first-order valence-corrected chi connectivity index (χ1v) is 7.53. The third-order valence-electron chi connectivity index (χ3n) is 3.93. The van der Waals surface area contributed by atoms with Crippen LogP contribution >= 0.6 is 0 Å². The molecule has 21 heavy (non-hydrogen) atoms. The van der Waals surface area contributed by atoms with E-state index in [1.807, 2.05) is 6.92 Å². The third kappa shape index (κ3) is 4.02. The summed E-state index contributed by atoms with van der Waals surface area (Å²) in [6.07, 6.45) is 2.86. The lowest BCUT2D eigenvalue weighted by molar-refractivity contribution is -0.151. The largest absolute Gasteiger partial charge is 0.465 e. The van der Waals surface area contributed by atoms with Crippen LogP contribution in [0.25, 0.3) is 0 Å². The van der Waals surface area contributed by atoms with E-state index in [2.05, 4.69) is 4.90 Å². The number of esters is 1. The molecule has 1 fully saturated rings. The van der Waals surface area contributed by atoms with Gasteiger partial charge in [-0.3, -0.25) is 9.69 Å². The average molecular weight is 294 g/mol. The van der Waals surface area contributed by atoms with E-state index < -0.39 is 0 Å². The quantitative estimate of drug-likeness (QED) is 0.846. The Morgan fingerprint density at radius 1 is 1.43 bits per heavy atom. The van der Waals surface area contributed by atoms with E-state index in [-0.39, 0.29) is 17.8 Å². The first-order valence-electron chi connectivity index (χ1n) is 7.53. The maximum absolute atomic E-state index is 13.5. The zero-order chi connectivity index (χ0) is 15.2. The summed E-state index contributed by atoms with van der Waals surface area (Å²) >= 11 is 0. The predicted octanol–water partition coefficient (Wildman–Crippen LogP) is 2.20. The number of ether oxygens (including phenoxy) is 1. The predicted molar refractivity (Wildman–Crippen MR) is 79.0 cm³/mol. The fraction of sp³-hybridized carbons (Fsp3) is 0.562. The Morgan fingerprint density at radius 2 is 2.24 bits per heavy atom. The van der Waals surface area contributed by atoms with Gasteiger partial charge in [0.25, 0.3) is 0 Å². The number of carbonyl (C=O) groups is 1. The van der Waals surface area contributed by atoms with Crippen molar-refractivity contribution in [2.24, 2.45) is 5.73 Å². The maximum Gasteiger partial charge on any atom is 0.323 e. The zero-order valence-corrected chi connectivity index (χ0v) is 12.5. The molecule has 0 amide bonds. The van der Waals surface area contributed by atoms with Gasteiger partial charge in [-0.25, -0.2) is 4.39 Å². The number of hydrogen-bond acceptors (Lipinski definition) is 4. The van der Waals surface area contributed by atoms with Crippen molar-refractivity contribution in [3.05, 3.63) is 35.1 Å². The highest BCUT2D eigenvalue weighted by atomic mass is 19.1. The van der Waals surface area contributed by atoms with Crippen LogP contribution in [0.2, 0.25) is 0 Å². The van der Waals surface area contributed by atoms with Crippen LogP contribution in [-0.2, 0) is 22.6 Å². The third-order valence-corrected chi connectivity index (χ3v) is 3.93. The second-order valence-electron chi connectivity index (χ2n) is 5.35. The van der Waals surface area contributed by atoms with Gasteiger partial charge in [0.1, 0.15) is 11.9 Å². The molecule has 4 nitrogen and oxygen atoms in total. The monoisotopic (exact) mass is 294 g/mol. The van der Waals surface area contributed by atoms with Crippen LogP contribution in [0.15, 0.2) is 18.2 Å². The highest BCUT2D eigenvalue weighted by Crippen LogP contribution is 2.22. The number of nitrogens with two attached hydrogens (primary N) is 1. The van der Waals surface area contributed by atoms with Crippen molar-refractivity contribution < 1.29 is 13.9 Å². The molecule has 0 saturated carbocycles. The molecule has 0 bridgehead atoms. The first kappa shape index (κ1) is 15.9. The molecule has 0 aromatic heterocycles. The smallest absolute Gasteiger partial charge is 0.323 e. The molecule has 1 aromatic carbocycles. The lowest BCUT2D eigenvalue weighted by Gasteiger charge is -2.34. The van der Waals surface area contributed by atoms with Gasteiger partial charge in [0, 0.05) is 13.1 Å². The second-order valence-corrected chi connectivity index (χ2v) is 5.35. The van der Waals surface area contributed by atoms with Gasteiger partial charge < -0.3 is 10.5 Å². The molecule has 1 aliphatic rings. The fourth-order valence-corrected chi connectivity index (χ4v) is 2.85. The minimum absolute atomic E-state index is 0.178. The van der Waals surface area contributed by atoms with Crippen molar-refractivity contribution in [3.8, 4) is 0 Å². The molecule has 116 valence electrons. The summed E-state index contributed by atoms with van der Waals surface area (Å²) in [4.78, 5) is 14.1. The molecule has 0 spiro atoms. The summed E-state index contributed by atoms with van der Waals surface area (Å²) in [7, 11) is 0. The normalized spacial score (nSPS) is 19.5. The van der Waals surface area contributed by atoms with Crippen LogP contribution < -0.4 is 5.73 Å². The number of nitrogens with zero attached hydrogens (tertiary/aromatic N) is 1. The van der Waals surface area contributed by atoms with Crippen LogP contribution in [0.4, 0.5) is 4.39 Å². The highest BCUT2D eigenvalue weighted by Gasteiger charge is 2.30. The van der Waals surface area contributed by atoms with Gasteiger partial charge in [-0.15, -0.1) is 0 Å². The van der Waals surface area contributed by atoms with E-state index in [0.717, 1.165) is 36.9 Å². The van der Waals surface area contributed by atoms with Gasteiger partial charge in [-0.05, 0) is 49.6 Å². The topological polar surface area (TPSA) is 55.6 Å². The molecular weight excluding hydrogens is 271 g/mol. The van der Waals surface area contributed by atoms with Crippen LogP contribution in [0, 0.1) is 5.82 Å². The molecule has 1 aliphatic heterocycles. The van der Waals surface area contributed by atoms with E-state index in [1.54, 1.807) is 6.07 Å². The van der Waals surface area contributed by atoms with Crippen molar-refractivity contribution in [1.82, 2.24) is 4.90 Å². The summed E-state index contributed by atoms with van der Waals surface area (Å²) < 4.78 is 18.6. The van der Waals surface area contributed by atoms with E-state index in [1.165, 1.54) is 12.1 Å². The molecular formula is C16H23FN2O2. The lowest BCUT2D eigenvalue weighted by atomic mass is 9.99. The first-order chi connectivity index (χ1) is 10.2. The maximum atomic E-state index is 13.5. The summed E-state index contributed by atoms with van der Waals surface area (Å²) in [5, 5.41) is 0. The number of piperidine rings is 1. The molecule has 1 unspecified atom stereocenters. The minimum Gasteiger partial charge on any atom is -0.465 e. The number of benzene rings is 1. The molecule has 1 atom stereocenters. The average Bonchev–Trinajstić information content (AvgIpc) is 2.48. The Morgan fingerprint density at radius 3 is 2.95 bits per heavy atom. The minimum atomic E-state index is -0.271. The molecule has 0 aliphatic carbocycles. The van der Waals surface area contributed by atoms with Crippen LogP contribution in [0.1, 0.15) is 37.3 Å². The molecule has 1 saturated heterocycles. The number of rotatable bonds is 5. The van der Waals surface area contributed by atoms with Crippen molar-refractivity contribution >= 4 is 5.97 Å². The Kier molecular flexibility index (Phi) is 5.70. The van der Waals surface area contributed by atoms with Crippen molar-refractivity contribution in [3.63, 3.8) is 0 Å². The van der Waals surface area contributed by atoms with Crippen molar-refractivity contribution in [2.75, 3.05) is 13.2 Å². The van der Waals surface area contributed by atoms with Gasteiger partial charge in [-0.2, -0.15) is 0 Å². The van der Waals surface area contributed by atoms with E-state index >= 15 is 0 Å². The van der Waals surface area contributed by atoms with Gasteiger partial charge in [-0.1, -0.05) is 12.5 Å². The molecule has 5 heteroatoms. The van der Waals surface area contributed by atoms with Gasteiger partial charge in [0.15, 0.2) is 0 Å². The number of likely N-dealkylation sites (tertiary alicyclic amines) is 1. The van der Waals surface area contributed by atoms with E-state index in [0.29, 0.717) is 19.7 Å². The van der Waals surface area contributed by atoms with Gasteiger partial charge in [0.2, 0.25) is 0 Å². The standard InChI is InChI=1S/C16H23FN2O2/c1-2-21-16(20)15-5-3-4-8-19(15)11-13-9-14(17)7-6-12(13)10-18/h6-7,9,15H,2-5,8,10-11,18H2,1H3. The lowest BCUT2D eigenvalue weighted by Crippen LogP contribution is -2.45. The summed E-state index contributed by atoms with van der Waals surface area (Å²) in [6.45, 7) is 3.92. The van der Waals surface area contributed by atoms with Crippen LogP contribution in [0.5, 0.6) is 0 Å². The Labute approximate surface area is 125 Å². The van der Waals surface area contributed by atoms with Gasteiger partial charge >= 0.3 is 5.97 Å². The Hall–Kier alpha value is -1.46. The number of hydrogen-bond donors (Lipinski definition) is 1. The summed E-state index contributed by atoms with van der Waals surface area (Å²) in [5.74, 6) is -0.449. The molecule has 0 radical (unpaired) electrons. The zero-order valence-electron chi connectivity index (χ0n) is 12.5. The van der Waals surface area contributed by atoms with E-state index in [9.17, 15) is 9.18 Å². The fourth-order valence-electron chi connectivity index (χ4n) is 2.85. The SMILES string of the molecule is CCOC(=O)C1CCCCN1Cc1cc(F)ccc1CN. The van der Waals surface area contributed by atoms with Crippen molar-refractivity contribution in [2.45, 2.75) is 45.3 Å². The number of carbonyl (C=O) groups excluding carboxylic acids is 1. The summed E-state index contributed by atoms with van der Waals surface area (Å²) in [6, 6.07) is 4.42. The highest BCUT2D eigenvalue weighted by molar-refractivity contribution is 5.75. The molecule has 1 heterocycles. The van der Waals surface area contributed by atoms with Crippen LogP contribution in [-0.4, -0.2) is 30.1 Å². The van der Waals surface area contributed by atoms with Crippen molar-refractivity contribution in [1.29, 1.82) is 0 Å². The second kappa shape index (κ2) is 7.52. The Bertz CT molecular complexity index is 493. The summed E-state index contributed by atoms with van der Waals surface area (Å²) in [5.41, 5.74) is 7.49. The van der Waals surface area contributed by atoms with Crippen LogP contribution in [0.3, 0.4) is 0 Å². The molecule has 2 N–H and O–H groups in total. The Balaban J connectivity index is 2.15. The number of halogens is 1. The van der Waals surface area contributed by atoms with E-state index in [4.69, 9.17) is 10.5 Å². The van der Waals surface area contributed by atoms with Gasteiger partial charge in [0.05, 0.1) is 6.61 Å². The molecule has 1 aromatic rings.